The van der Waals surface area contributed by atoms with Crippen LogP contribution in [-0.4, -0.2) is 31.2 Å². The van der Waals surface area contributed by atoms with Gasteiger partial charge in [0.25, 0.3) is 0 Å². The van der Waals surface area contributed by atoms with Crippen LogP contribution in [0.25, 0.3) is 0 Å². The Labute approximate surface area is 135 Å². The zero-order valence-corrected chi connectivity index (χ0v) is 13.5. The molecule has 1 aliphatic carbocycles. The van der Waals surface area contributed by atoms with E-state index in [1.54, 1.807) is 26.4 Å². The summed E-state index contributed by atoms with van der Waals surface area (Å²) in [6, 6.07) is 5.42. The zero-order chi connectivity index (χ0) is 16.8. The number of carbonyl (C=O) groups is 2. The number of carboxylic acid groups (broad SMARTS) is 1. The quantitative estimate of drug-likeness (QED) is 0.839. The standard InChI is InChI=1S/C17H23NO5/c1-22-14-8-7-11(9-15(14)23-2)10-18-16(19)12-5-3-4-6-13(12)17(20)21/h7-9,12-13H,3-6,10H2,1-2H3,(H,18,19)(H,20,21)/t12-,13+/m1/s1. The highest BCUT2D eigenvalue weighted by atomic mass is 16.5. The van der Waals surface area contributed by atoms with Gasteiger partial charge >= 0.3 is 5.97 Å². The molecular weight excluding hydrogens is 298 g/mol. The molecule has 0 spiro atoms. The van der Waals surface area contributed by atoms with Gasteiger partial charge in [0.2, 0.25) is 5.91 Å². The van der Waals surface area contributed by atoms with Crippen molar-refractivity contribution in [3.05, 3.63) is 23.8 Å². The molecule has 0 saturated heterocycles. The first-order chi connectivity index (χ1) is 11.1. The van der Waals surface area contributed by atoms with Crippen LogP contribution in [0.15, 0.2) is 18.2 Å². The molecule has 0 radical (unpaired) electrons. The summed E-state index contributed by atoms with van der Waals surface area (Å²) in [4.78, 5) is 23.6. The van der Waals surface area contributed by atoms with Crippen molar-refractivity contribution in [2.45, 2.75) is 32.2 Å². The molecule has 6 heteroatoms. The Kier molecular flexibility index (Phi) is 5.84. The summed E-state index contributed by atoms with van der Waals surface area (Å²) in [6.07, 6.45) is 2.98. The summed E-state index contributed by atoms with van der Waals surface area (Å²) in [5, 5.41) is 12.1. The number of carboxylic acids is 1. The normalized spacial score (nSPS) is 20.6. The molecule has 1 aliphatic rings. The van der Waals surface area contributed by atoms with Gasteiger partial charge in [-0.25, -0.2) is 0 Å². The van der Waals surface area contributed by atoms with Crippen LogP contribution in [-0.2, 0) is 16.1 Å². The van der Waals surface area contributed by atoms with E-state index in [1.165, 1.54) is 0 Å². The second-order valence-electron chi connectivity index (χ2n) is 5.74. The van der Waals surface area contributed by atoms with E-state index in [1.807, 2.05) is 6.07 Å². The maximum atomic E-state index is 12.3. The van der Waals surface area contributed by atoms with Crippen molar-refractivity contribution in [2.75, 3.05) is 14.2 Å². The Balaban J connectivity index is 1.99. The lowest BCUT2D eigenvalue weighted by molar-refractivity contribution is -0.148. The maximum absolute atomic E-state index is 12.3. The molecule has 1 fully saturated rings. The third kappa shape index (κ3) is 4.15. The zero-order valence-electron chi connectivity index (χ0n) is 13.5. The number of methoxy groups -OCH3 is 2. The number of hydrogen-bond acceptors (Lipinski definition) is 4. The largest absolute Gasteiger partial charge is 0.493 e. The van der Waals surface area contributed by atoms with Crippen molar-refractivity contribution < 1.29 is 24.2 Å². The minimum absolute atomic E-state index is 0.188. The van der Waals surface area contributed by atoms with E-state index in [9.17, 15) is 14.7 Å². The second kappa shape index (κ2) is 7.85. The number of carbonyl (C=O) groups excluding carboxylic acids is 1. The van der Waals surface area contributed by atoms with Crippen molar-refractivity contribution in [2.24, 2.45) is 11.8 Å². The third-order valence-corrected chi connectivity index (χ3v) is 4.33. The molecule has 2 N–H and O–H groups in total. The molecule has 0 unspecified atom stereocenters. The summed E-state index contributed by atoms with van der Waals surface area (Å²) < 4.78 is 10.4. The number of rotatable bonds is 6. The lowest BCUT2D eigenvalue weighted by Gasteiger charge is -2.27. The van der Waals surface area contributed by atoms with Crippen LogP contribution in [0.1, 0.15) is 31.2 Å². The predicted octanol–water partition coefficient (Wildman–Crippen LogP) is 2.21. The highest BCUT2D eigenvalue weighted by Crippen LogP contribution is 2.31. The first-order valence-electron chi connectivity index (χ1n) is 7.78. The van der Waals surface area contributed by atoms with Crippen LogP contribution in [0.2, 0.25) is 0 Å². The average Bonchev–Trinajstić information content (AvgIpc) is 2.59. The Bertz CT molecular complexity index is 572. The Morgan fingerprint density at radius 3 is 2.39 bits per heavy atom. The van der Waals surface area contributed by atoms with Gasteiger partial charge < -0.3 is 19.9 Å². The molecule has 23 heavy (non-hydrogen) atoms. The van der Waals surface area contributed by atoms with E-state index in [0.717, 1.165) is 18.4 Å². The van der Waals surface area contributed by atoms with Gasteiger partial charge in [0.1, 0.15) is 0 Å². The van der Waals surface area contributed by atoms with Crippen LogP contribution in [0.3, 0.4) is 0 Å². The van der Waals surface area contributed by atoms with Gasteiger partial charge in [-0.3, -0.25) is 9.59 Å². The highest BCUT2D eigenvalue weighted by Gasteiger charge is 2.35. The Morgan fingerprint density at radius 2 is 1.78 bits per heavy atom. The SMILES string of the molecule is COc1ccc(CNC(=O)[C@@H]2CCCC[C@@H]2C(=O)O)cc1OC. The number of nitrogens with one attached hydrogen (secondary N) is 1. The minimum Gasteiger partial charge on any atom is -0.493 e. The van der Waals surface area contributed by atoms with Gasteiger partial charge in [0, 0.05) is 6.54 Å². The molecule has 0 aromatic heterocycles. The van der Waals surface area contributed by atoms with Crippen LogP contribution in [0.5, 0.6) is 11.5 Å². The van der Waals surface area contributed by atoms with Crippen molar-refractivity contribution >= 4 is 11.9 Å². The van der Waals surface area contributed by atoms with Gasteiger partial charge in [-0.15, -0.1) is 0 Å². The van der Waals surface area contributed by atoms with Crippen molar-refractivity contribution in [3.8, 4) is 11.5 Å². The van der Waals surface area contributed by atoms with Crippen molar-refractivity contribution in [1.29, 1.82) is 0 Å². The molecular formula is C17H23NO5. The third-order valence-electron chi connectivity index (χ3n) is 4.33. The number of aliphatic carboxylic acids is 1. The van der Waals surface area contributed by atoms with Crippen LogP contribution < -0.4 is 14.8 Å². The van der Waals surface area contributed by atoms with Gasteiger partial charge in [0.05, 0.1) is 26.1 Å². The topological polar surface area (TPSA) is 84.9 Å². The van der Waals surface area contributed by atoms with Crippen LogP contribution >= 0.6 is 0 Å². The van der Waals surface area contributed by atoms with E-state index in [0.29, 0.717) is 30.9 Å². The Hall–Kier alpha value is -2.24. The molecule has 1 aromatic carbocycles. The molecule has 0 heterocycles. The fourth-order valence-electron chi connectivity index (χ4n) is 3.05. The second-order valence-corrected chi connectivity index (χ2v) is 5.74. The molecule has 2 atom stereocenters. The van der Waals surface area contributed by atoms with E-state index in [-0.39, 0.29) is 5.91 Å². The number of hydrogen-bond donors (Lipinski definition) is 2. The van der Waals surface area contributed by atoms with Crippen molar-refractivity contribution in [1.82, 2.24) is 5.32 Å². The fraction of sp³-hybridized carbons (Fsp3) is 0.529. The molecule has 0 bridgehead atoms. The molecule has 0 aliphatic heterocycles. The molecule has 2 rings (SSSR count). The van der Waals surface area contributed by atoms with Crippen molar-refractivity contribution in [3.63, 3.8) is 0 Å². The predicted molar refractivity (Wildman–Crippen MR) is 84.5 cm³/mol. The summed E-state index contributed by atoms with van der Waals surface area (Å²) >= 11 is 0. The first kappa shape index (κ1) is 17.1. The lowest BCUT2D eigenvalue weighted by atomic mass is 9.78. The van der Waals surface area contributed by atoms with E-state index >= 15 is 0 Å². The Morgan fingerprint density at radius 1 is 1.13 bits per heavy atom. The monoisotopic (exact) mass is 321 g/mol. The fourth-order valence-corrected chi connectivity index (χ4v) is 3.05. The van der Waals surface area contributed by atoms with Crippen LogP contribution in [0, 0.1) is 11.8 Å². The molecule has 1 saturated carbocycles. The molecule has 6 nitrogen and oxygen atoms in total. The van der Waals surface area contributed by atoms with E-state index in [4.69, 9.17) is 9.47 Å². The highest BCUT2D eigenvalue weighted by molar-refractivity contribution is 5.84. The number of amides is 1. The van der Waals surface area contributed by atoms with Crippen LogP contribution in [0.4, 0.5) is 0 Å². The van der Waals surface area contributed by atoms with E-state index in [2.05, 4.69) is 5.32 Å². The number of benzene rings is 1. The van der Waals surface area contributed by atoms with E-state index < -0.39 is 17.8 Å². The molecule has 126 valence electrons. The smallest absolute Gasteiger partial charge is 0.307 e. The number of ether oxygens (including phenoxy) is 2. The van der Waals surface area contributed by atoms with Gasteiger partial charge in [0.15, 0.2) is 11.5 Å². The minimum atomic E-state index is -0.879. The van der Waals surface area contributed by atoms with Gasteiger partial charge in [-0.1, -0.05) is 18.9 Å². The molecule has 1 amide bonds. The van der Waals surface area contributed by atoms with Gasteiger partial charge in [-0.2, -0.15) is 0 Å². The van der Waals surface area contributed by atoms with Gasteiger partial charge in [-0.05, 0) is 30.5 Å². The average molecular weight is 321 g/mol. The first-order valence-corrected chi connectivity index (χ1v) is 7.78. The summed E-state index contributed by atoms with van der Waals surface area (Å²) in [5.74, 6) is -0.862. The molecule has 1 aromatic rings. The summed E-state index contributed by atoms with van der Waals surface area (Å²) in [5.41, 5.74) is 0.874. The summed E-state index contributed by atoms with van der Waals surface area (Å²) in [7, 11) is 3.12. The lowest BCUT2D eigenvalue weighted by Crippen LogP contribution is -2.39. The maximum Gasteiger partial charge on any atom is 0.307 e. The summed E-state index contributed by atoms with van der Waals surface area (Å²) in [6.45, 7) is 0.335.